The Hall–Kier alpha value is -1.59. The first-order valence-electron chi connectivity index (χ1n) is 7.83. The molecule has 2 aliphatic heterocycles. The lowest BCUT2D eigenvalue weighted by atomic mass is 9.93. The van der Waals surface area contributed by atoms with Gasteiger partial charge in [-0.3, -0.25) is 4.79 Å². The minimum atomic E-state index is -0.913. The Kier molecular flexibility index (Phi) is 4.01. The highest BCUT2D eigenvalue weighted by Crippen LogP contribution is 2.39. The second-order valence-corrected chi connectivity index (χ2v) is 6.99. The van der Waals surface area contributed by atoms with Gasteiger partial charge in [-0.2, -0.15) is 0 Å². The van der Waals surface area contributed by atoms with Gasteiger partial charge < -0.3 is 15.3 Å². The molecule has 1 unspecified atom stereocenters. The van der Waals surface area contributed by atoms with Gasteiger partial charge in [0.15, 0.2) is 6.23 Å². The summed E-state index contributed by atoms with van der Waals surface area (Å²) in [7, 11) is 0. The molecule has 0 aliphatic carbocycles. The quantitative estimate of drug-likeness (QED) is 0.862. The molecule has 1 amide bonds. The lowest BCUT2D eigenvalue weighted by molar-refractivity contribution is -0.00256. The van der Waals surface area contributed by atoms with Crippen molar-refractivity contribution in [3.8, 4) is 0 Å². The largest absolute Gasteiger partial charge is 0.369 e. The Morgan fingerprint density at radius 3 is 2.62 bits per heavy atom. The molecule has 0 saturated carbocycles. The standard InChI is InChI=1S/C18H16Cl2N2O2/c19-14-6-5-10(7-15(14)20)13-8-21-9-16(13)22-17(23)11-3-1-2-4-12(11)18(22)24/h1-7,13,16-17,21,23H,8-9H2/t13-,16+,17?/m0/s1. The third-order valence-corrected chi connectivity index (χ3v) is 5.62. The van der Waals surface area contributed by atoms with Gasteiger partial charge in [0.2, 0.25) is 0 Å². The maximum absolute atomic E-state index is 12.8. The molecule has 3 atom stereocenters. The summed E-state index contributed by atoms with van der Waals surface area (Å²) in [6.07, 6.45) is -0.913. The summed E-state index contributed by atoms with van der Waals surface area (Å²) in [6, 6.07) is 12.6. The summed E-state index contributed by atoms with van der Waals surface area (Å²) < 4.78 is 0. The minimum Gasteiger partial charge on any atom is -0.369 e. The molecule has 2 aromatic rings. The second-order valence-electron chi connectivity index (χ2n) is 6.18. The minimum absolute atomic E-state index is 0.0488. The highest BCUT2D eigenvalue weighted by atomic mass is 35.5. The van der Waals surface area contributed by atoms with Gasteiger partial charge in [-0.05, 0) is 23.8 Å². The highest BCUT2D eigenvalue weighted by Gasteiger charge is 2.44. The molecule has 2 heterocycles. The fourth-order valence-corrected chi connectivity index (χ4v) is 4.00. The van der Waals surface area contributed by atoms with Gasteiger partial charge in [0.25, 0.3) is 5.91 Å². The van der Waals surface area contributed by atoms with Gasteiger partial charge in [-0.25, -0.2) is 0 Å². The van der Waals surface area contributed by atoms with Crippen LogP contribution in [-0.2, 0) is 0 Å². The Balaban J connectivity index is 1.69. The molecule has 0 spiro atoms. The number of nitrogens with zero attached hydrogens (tertiary/aromatic N) is 1. The van der Waals surface area contributed by atoms with Crippen LogP contribution in [0.25, 0.3) is 0 Å². The number of nitrogens with one attached hydrogen (secondary N) is 1. The molecule has 2 aromatic carbocycles. The van der Waals surface area contributed by atoms with Gasteiger partial charge in [-0.15, -0.1) is 0 Å². The van der Waals surface area contributed by atoms with Crippen LogP contribution in [0.4, 0.5) is 0 Å². The van der Waals surface area contributed by atoms with Gasteiger partial charge in [0.05, 0.1) is 16.1 Å². The van der Waals surface area contributed by atoms with Crippen molar-refractivity contribution in [2.24, 2.45) is 0 Å². The molecule has 2 aliphatic rings. The molecule has 0 radical (unpaired) electrons. The summed E-state index contributed by atoms with van der Waals surface area (Å²) in [6.45, 7) is 1.34. The van der Waals surface area contributed by atoms with E-state index in [0.29, 0.717) is 27.7 Å². The Bertz CT molecular complexity index is 811. The maximum atomic E-state index is 12.8. The van der Waals surface area contributed by atoms with E-state index in [4.69, 9.17) is 23.2 Å². The average Bonchev–Trinajstić information content (AvgIpc) is 3.15. The summed E-state index contributed by atoms with van der Waals surface area (Å²) in [4.78, 5) is 14.4. The smallest absolute Gasteiger partial charge is 0.256 e. The summed E-state index contributed by atoms with van der Waals surface area (Å²) in [5.74, 6) is -0.0791. The van der Waals surface area contributed by atoms with Crippen molar-refractivity contribution >= 4 is 29.1 Å². The van der Waals surface area contributed by atoms with Crippen molar-refractivity contribution in [2.75, 3.05) is 13.1 Å². The normalized spacial score (nSPS) is 26.0. The highest BCUT2D eigenvalue weighted by molar-refractivity contribution is 6.42. The van der Waals surface area contributed by atoms with Gasteiger partial charge in [0.1, 0.15) is 0 Å². The van der Waals surface area contributed by atoms with Gasteiger partial charge in [0, 0.05) is 30.1 Å². The number of aliphatic hydroxyl groups excluding tert-OH is 1. The molecular weight excluding hydrogens is 347 g/mol. The molecular formula is C18H16Cl2N2O2. The van der Waals surface area contributed by atoms with Crippen LogP contribution in [0.1, 0.15) is 33.6 Å². The average molecular weight is 363 g/mol. The number of carbonyl (C=O) groups is 1. The fourth-order valence-electron chi connectivity index (χ4n) is 3.69. The SMILES string of the molecule is O=C1c2ccccc2C(O)N1[C@@H]1CNC[C@H]1c1ccc(Cl)c(Cl)c1. The number of halogens is 2. The van der Waals surface area contributed by atoms with Crippen molar-refractivity contribution in [3.63, 3.8) is 0 Å². The zero-order valence-electron chi connectivity index (χ0n) is 12.7. The Morgan fingerprint density at radius 2 is 1.88 bits per heavy atom. The van der Waals surface area contributed by atoms with E-state index in [2.05, 4.69) is 5.32 Å². The molecule has 0 aromatic heterocycles. The maximum Gasteiger partial charge on any atom is 0.256 e. The first kappa shape index (κ1) is 15.9. The van der Waals surface area contributed by atoms with Crippen molar-refractivity contribution in [1.29, 1.82) is 0 Å². The molecule has 4 nitrogen and oxygen atoms in total. The molecule has 2 N–H and O–H groups in total. The predicted octanol–water partition coefficient (Wildman–Crippen LogP) is 3.20. The van der Waals surface area contributed by atoms with Crippen LogP contribution in [-0.4, -0.2) is 35.0 Å². The summed E-state index contributed by atoms with van der Waals surface area (Å²) in [5, 5.41) is 15.0. The van der Waals surface area contributed by atoms with E-state index in [1.165, 1.54) is 0 Å². The molecule has 0 bridgehead atoms. The number of amides is 1. The van der Waals surface area contributed by atoms with Crippen molar-refractivity contribution in [1.82, 2.24) is 10.2 Å². The van der Waals surface area contributed by atoms with Crippen LogP contribution < -0.4 is 5.32 Å². The Morgan fingerprint density at radius 1 is 1.08 bits per heavy atom. The van der Waals surface area contributed by atoms with E-state index in [0.717, 1.165) is 12.1 Å². The zero-order valence-corrected chi connectivity index (χ0v) is 14.3. The summed E-state index contributed by atoms with van der Waals surface area (Å²) >= 11 is 12.2. The third kappa shape index (κ3) is 2.42. The molecule has 4 rings (SSSR count). The lowest BCUT2D eigenvalue weighted by Crippen LogP contribution is -2.42. The van der Waals surface area contributed by atoms with Crippen molar-refractivity contribution in [3.05, 3.63) is 69.2 Å². The first-order chi connectivity index (χ1) is 11.6. The number of rotatable bonds is 2. The zero-order chi connectivity index (χ0) is 16.8. The van der Waals surface area contributed by atoms with Crippen LogP contribution in [0.3, 0.4) is 0 Å². The topological polar surface area (TPSA) is 52.6 Å². The van der Waals surface area contributed by atoms with Crippen molar-refractivity contribution in [2.45, 2.75) is 18.2 Å². The summed E-state index contributed by atoms with van der Waals surface area (Å²) in [5.41, 5.74) is 2.25. The van der Waals surface area contributed by atoms with Crippen LogP contribution in [0.5, 0.6) is 0 Å². The van der Waals surface area contributed by atoms with Crippen LogP contribution >= 0.6 is 23.2 Å². The number of fused-ring (bicyclic) bond motifs is 1. The fraction of sp³-hybridized carbons (Fsp3) is 0.278. The molecule has 24 heavy (non-hydrogen) atoms. The van der Waals surface area contributed by atoms with E-state index in [1.807, 2.05) is 24.3 Å². The number of carbonyl (C=O) groups excluding carboxylic acids is 1. The Labute approximate surface area is 150 Å². The van der Waals surface area contributed by atoms with E-state index in [1.54, 1.807) is 23.1 Å². The van der Waals surface area contributed by atoms with Gasteiger partial charge >= 0.3 is 0 Å². The molecule has 124 valence electrons. The van der Waals surface area contributed by atoms with E-state index in [-0.39, 0.29) is 17.9 Å². The van der Waals surface area contributed by atoms with E-state index < -0.39 is 6.23 Å². The third-order valence-electron chi connectivity index (χ3n) is 4.88. The predicted molar refractivity (Wildman–Crippen MR) is 93.4 cm³/mol. The number of aliphatic hydroxyl groups is 1. The van der Waals surface area contributed by atoms with Crippen molar-refractivity contribution < 1.29 is 9.90 Å². The molecule has 1 saturated heterocycles. The molecule has 6 heteroatoms. The second kappa shape index (κ2) is 6.05. The van der Waals surface area contributed by atoms with Crippen LogP contribution in [0.15, 0.2) is 42.5 Å². The van der Waals surface area contributed by atoms with Gasteiger partial charge in [-0.1, -0.05) is 47.5 Å². The number of hydrogen-bond donors (Lipinski definition) is 2. The number of benzene rings is 2. The van der Waals surface area contributed by atoms with E-state index >= 15 is 0 Å². The van der Waals surface area contributed by atoms with Crippen LogP contribution in [0.2, 0.25) is 10.0 Å². The number of hydrogen-bond acceptors (Lipinski definition) is 3. The molecule has 1 fully saturated rings. The lowest BCUT2D eigenvalue weighted by Gasteiger charge is -2.32. The monoisotopic (exact) mass is 362 g/mol. The van der Waals surface area contributed by atoms with E-state index in [9.17, 15) is 9.90 Å². The van der Waals surface area contributed by atoms with Crippen LogP contribution in [0, 0.1) is 0 Å². The first-order valence-corrected chi connectivity index (χ1v) is 8.59.